The number of aryl methyl sites for hydroxylation is 1. The van der Waals surface area contributed by atoms with Gasteiger partial charge in [0.05, 0.1) is 13.0 Å². The molecular weight excluding hydrogens is 245 g/mol. The van der Waals surface area contributed by atoms with Gasteiger partial charge in [-0.1, -0.05) is 12.1 Å². The second-order valence-electron chi connectivity index (χ2n) is 5.30. The van der Waals surface area contributed by atoms with Crippen LogP contribution in [0.3, 0.4) is 0 Å². The molecule has 1 aromatic carbocycles. The number of esters is 1. The number of hydrogen-bond donors (Lipinski definition) is 1. The number of halogens is 1. The quantitative estimate of drug-likeness (QED) is 0.805. The second-order valence-corrected chi connectivity index (χ2v) is 5.30. The van der Waals surface area contributed by atoms with Crippen LogP contribution in [-0.2, 0) is 16.1 Å². The third kappa shape index (κ3) is 5.39. The van der Waals surface area contributed by atoms with Gasteiger partial charge in [-0.25, -0.2) is 4.39 Å². The fourth-order valence-electron chi connectivity index (χ4n) is 1.72. The molecule has 0 aliphatic heterocycles. The first-order chi connectivity index (χ1) is 8.84. The van der Waals surface area contributed by atoms with Crippen molar-refractivity contribution in [2.24, 2.45) is 0 Å². The van der Waals surface area contributed by atoms with Gasteiger partial charge in [0.1, 0.15) is 5.82 Å². The van der Waals surface area contributed by atoms with E-state index >= 15 is 0 Å². The van der Waals surface area contributed by atoms with Crippen molar-refractivity contribution in [1.29, 1.82) is 0 Å². The van der Waals surface area contributed by atoms with Crippen molar-refractivity contribution in [2.75, 3.05) is 6.61 Å². The summed E-state index contributed by atoms with van der Waals surface area (Å²) < 4.78 is 18.3. The Bertz CT molecular complexity index is 444. The molecular formula is C15H22FNO2. The number of ether oxygens (including phenoxy) is 1. The molecule has 4 heteroatoms. The van der Waals surface area contributed by atoms with Gasteiger partial charge >= 0.3 is 5.97 Å². The summed E-state index contributed by atoms with van der Waals surface area (Å²) in [6.07, 6.45) is 0.287. The van der Waals surface area contributed by atoms with Crippen LogP contribution < -0.4 is 5.32 Å². The molecule has 3 nitrogen and oxygen atoms in total. The number of carbonyl (C=O) groups is 1. The Kier molecular flexibility index (Phi) is 5.48. The molecule has 0 radical (unpaired) electrons. The predicted molar refractivity (Wildman–Crippen MR) is 73.3 cm³/mol. The van der Waals surface area contributed by atoms with E-state index in [1.165, 1.54) is 6.07 Å². The van der Waals surface area contributed by atoms with E-state index in [4.69, 9.17) is 4.74 Å². The first-order valence-electron chi connectivity index (χ1n) is 6.50. The van der Waals surface area contributed by atoms with Crippen molar-refractivity contribution in [3.8, 4) is 0 Å². The summed E-state index contributed by atoms with van der Waals surface area (Å²) in [6.45, 7) is 8.27. The maximum atomic E-state index is 13.4. The van der Waals surface area contributed by atoms with Gasteiger partial charge in [-0.15, -0.1) is 0 Å². The molecule has 0 heterocycles. The van der Waals surface area contributed by atoms with Crippen LogP contribution in [0.2, 0.25) is 0 Å². The normalized spacial score (nSPS) is 11.4. The van der Waals surface area contributed by atoms with Crippen LogP contribution >= 0.6 is 0 Å². The summed E-state index contributed by atoms with van der Waals surface area (Å²) in [4.78, 5) is 11.4. The van der Waals surface area contributed by atoms with Crippen molar-refractivity contribution in [1.82, 2.24) is 5.32 Å². The Balaban J connectivity index is 2.54. The molecule has 0 aliphatic rings. The molecule has 0 aromatic heterocycles. The topological polar surface area (TPSA) is 38.3 Å². The summed E-state index contributed by atoms with van der Waals surface area (Å²) in [5, 5.41) is 3.24. The highest BCUT2D eigenvalue weighted by Crippen LogP contribution is 2.13. The highest BCUT2D eigenvalue weighted by atomic mass is 19.1. The van der Waals surface area contributed by atoms with Gasteiger partial charge in [0.15, 0.2) is 0 Å². The van der Waals surface area contributed by atoms with E-state index in [1.807, 2.05) is 19.9 Å². The largest absolute Gasteiger partial charge is 0.466 e. The fraction of sp³-hybridized carbons (Fsp3) is 0.533. The maximum absolute atomic E-state index is 13.4. The van der Waals surface area contributed by atoms with E-state index in [9.17, 15) is 9.18 Å². The molecule has 0 amide bonds. The first kappa shape index (κ1) is 15.6. The van der Waals surface area contributed by atoms with E-state index < -0.39 is 0 Å². The summed E-state index contributed by atoms with van der Waals surface area (Å²) in [6, 6.07) is 5.15. The van der Waals surface area contributed by atoms with Crippen LogP contribution in [-0.4, -0.2) is 18.1 Å². The molecule has 0 unspecified atom stereocenters. The summed E-state index contributed by atoms with van der Waals surface area (Å²) in [7, 11) is 0. The lowest BCUT2D eigenvalue weighted by Crippen LogP contribution is -2.41. The van der Waals surface area contributed by atoms with Gasteiger partial charge in [0, 0.05) is 12.1 Å². The van der Waals surface area contributed by atoms with Gasteiger partial charge in [0.25, 0.3) is 0 Å². The summed E-state index contributed by atoms with van der Waals surface area (Å²) in [5.41, 5.74) is 1.11. The number of rotatable bonds is 6. The van der Waals surface area contributed by atoms with Gasteiger partial charge in [-0.05, 0) is 44.9 Å². The molecule has 19 heavy (non-hydrogen) atoms. The zero-order valence-corrected chi connectivity index (χ0v) is 12.0. The Morgan fingerprint density at radius 3 is 2.68 bits per heavy atom. The number of nitrogens with one attached hydrogen (secondary N) is 1. The smallest absolute Gasteiger partial charge is 0.307 e. The molecule has 0 spiro atoms. The molecule has 0 atom stereocenters. The highest BCUT2D eigenvalue weighted by molar-refractivity contribution is 5.70. The van der Waals surface area contributed by atoms with Gasteiger partial charge in [0.2, 0.25) is 0 Å². The third-order valence-electron chi connectivity index (χ3n) is 2.90. The lowest BCUT2D eigenvalue weighted by atomic mass is 10.00. The average Bonchev–Trinajstić information content (AvgIpc) is 2.30. The van der Waals surface area contributed by atoms with Crippen molar-refractivity contribution in [3.05, 3.63) is 35.1 Å². The highest BCUT2D eigenvalue weighted by Gasteiger charge is 2.22. The first-order valence-corrected chi connectivity index (χ1v) is 6.50. The molecule has 0 saturated heterocycles. The van der Waals surface area contributed by atoms with Crippen molar-refractivity contribution < 1.29 is 13.9 Å². The van der Waals surface area contributed by atoms with Crippen molar-refractivity contribution in [3.63, 3.8) is 0 Å². The Morgan fingerprint density at radius 1 is 1.42 bits per heavy atom. The minimum absolute atomic E-state index is 0.206. The van der Waals surface area contributed by atoms with Crippen molar-refractivity contribution >= 4 is 5.97 Å². The molecule has 0 fully saturated rings. The Hall–Kier alpha value is -1.42. The zero-order chi connectivity index (χ0) is 14.5. The van der Waals surface area contributed by atoms with Crippen LogP contribution in [0.15, 0.2) is 18.2 Å². The van der Waals surface area contributed by atoms with Crippen LogP contribution in [0.1, 0.15) is 38.3 Å². The molecule has 1 aromatic rings. The van der Waals surface area contributed by atoms with E-state index in [0.29, 0.717) is 18.7 Å². The van der Waals surface area contributed by atoms with Crippen LogP contribution in [0.4, 0.5) is 4.39 Å². The lowest BCUT2D eigenvalue weighted by molar-refractivity contribution is -0.144. The molecule has 0 saturated carbocycles. The number of benzene rings is 1. The van der Waals surface area contributed by atoms with Crippen LogP contribution in [0.5, 0.6) is 0 Å². The molecule has 0 aliphatic carbocycles. The minimum atomic E-state index is -0.381. The lowest BCUT2D eigenvalue weighted by Gasteiger charge is -2.25. The van der Waals surface area contributed by atoms with E-state index in [1.54, 1.807) is 19.9 Å². The Labute approximate surface area is 114 Å². The molecule has 106 valence electrons. The second kappa shape index (κ2) is 6.66. The average molecular weight is 267 g/mol. The van der Waals surface area contributed by atoms with E-state index in [2.05, 4.69) is 5.32 Å². The standard InChI is InChI=1S/C15H22FNO2/c1-5-19-14(18)9-15(3,4)17-10-12-7-6-11(2)13(16)8-12/h6-8,17H,5,9-10H2,1-4H3. The van der Waals surface area contributed by atoms with Gasteiger partial charge in [-0.2, -0.15) is 0 Å². The predicted octanol–water partition coefficient (Wildman–Crippen LogP) is 2.96. The number of hydrogen-bond acceptors (Lipinski definition) is 3. The fourth-order valence-corrected chi connectivity index (χ4v) is 1.72. The van der Waals surface area contributed by atoms with E-state index in [0.717, 1.165) is 5.56 Å². The van der Waals surface area contributed by atoms with Crippen LogP contribution in [0.25, 0.3) is 0 Å². The van der Waals surface area contributed by atoms with Gasteiger partial charge < -0.3 is 10.1 Å². The molecule has 1 rings (SSSR count). The summed E-state index contributed by atoms with van der Waals surface area (Å²) in [5.74, 6) is -0.433. The van der Waals surface area contributed by atoms with Crippen LogP contribution in [0, 0.1) is 12.7 Å². The summed E-state index contributed by atoms with van der Waals surface area (Å²) >= 11 is 0. The third-order valence-corrected chi connectivity index (χ3v) is 2.90. The number of carbonyl (C=O) groups excluding carboxylic acids is 1. The van der Waals surface area contributed by atoms with Gasteiger partial charge in [-0.3, -0.25) is 4.79 Å². The molecule has 0 bridgehead atoms. The molecule has 1 N–H and O–H groups in total. The zero-order valence-electron chi connectivity index (χ0n) is 12.0. The monoisotopic (exact) mass is 267 g/mol. The SMILES string of the molecule is CCOC(=O)CC(C)(C)NCc1ccc(C)c(F)c1. The van der Waals surface area contributed by atoms with E-state index in [-0.39, 0.29) is 23.7 Å². The maximum Gasteiger partial charge on any atom is 0.307 e. The van der Waals surface area contributed by atoms with Crippen molar-refractivity contribution in [2.45, 2.75) is 46.2 Å². The minimum Gasteiger partial charge on any atom is -0.466 e. The Morgan fingerprint density at radius 2 is 2.11 bits per heavy atom.